The van der Waals surface area contributed by atoms with Crippen molar-refractivity contribution in [2.24, 2.45) is 0 Å². The number of nitrogens with one attached hydrogen (secondary N) is 2. The number of para-hydroxylation sites is 1. The van der Waals surface area contributed by atoms with Gasteiger partial charge in [0, 0.05) is 34.1 Å². The third kappa shape index (κ3) is 6.14. The third-order valence-corrected chi connectivity index (χ3v) is 6.18. The topological polar surface area (TPSA) is 85.9 Å². The zero-order valence-electron chi connectivity index (χ0n) is 18.9. The minimum atomic E-state index is -0.633. The van der Waals surface area contributed by atoms with Gasteiger partial charge in [-0.1, -0.05) is 30.3 Å². The van der Waals surface area contributed by atoms with Gasteiger partial charge in [-0.25, -0.2) is 9.18 Å². The Labute approximate surface area is 205 Å². The van der Waals surface area contributed by atoms with Gasteiger partial charge in [0.05, 0.1) is 6.61 Å². The molecule has 0 aliphatic carbocycles. The van der Waals surface area contributed by atoms with E-state index in [1.54, 1.807) is 48.5 Å². The predicted molar refractivity (Wildman–Crippen MR) is 134 cm³/mol. The summed E-state index contributed by atoms with van der Waals surface area (Å²) in [6.07, 6.45) is -0.633. The van der Waals surface area contributed by atoms with E-state index < -0.39 is 17.8 Å². The van der Waals surface area contributed by atoms with Crippen LogP contribution in [0.15, 0.2) is 72.8 Å². The highest BCUT2D eigenvalue weighted by Gasteiger charge is 2.21. The fourth-order valence-electron chi connectivity index (χ4n) is 3.39. The van der Waals surface area contributed by atoms with Crippen molar-refractivity contribution in [1.82, 2.24) is 0 Å². The van der Waals surface area contributed by atoms with E-state index in [-0.39, 0.29) is 19.8 Å². The normalized spacial score (nSPS) is 10.7. The summed E-state index contributed by atoms with van der Waals surface area (Å²) >= 11 is 1.19. The largest absolute Gasteiger partial charge is 0.489 e. The quantitative estimate of drug-likeness (QED) is 0.276. The average molecular weight is 495 g/mol. The summed E-state index contributed by atoms with van der Waals surface area (Å²) in [6, 6.07) is 20.5. The first-order valence-electron chi connectivity index (χ1n) is 10.8. The number of hydrogen-bond donors (Lipinski definition) is 2. The van der Waals surface area contributed by atoms with Crippen molar-refractivity contribution in [3.63, 3.8) is 0 Å². The summed E-state index contributed by atoms with van der Waals surface area (Å²) in [5, 5.41) is 5.79. The minimum absolute atomic E-state index is 0.0304. The Hall–Kier alpha value is -3.95. The number of carbonyl (C=O) groups excluding carboxylic acids is 2. The lowest BCUT2D eigenvalue weighted by Crippen LogP contribution is -2.17. The molecule has 0 aliphatic rings. The van der Waals surface area contributed by atoms with Gasteiger partial charge in [-0.05, 0) is 42.5 Å². The molecular weight excluding hydrogens is 471 g/mol. The molecule has 0 fully saturated rings. The molecule has 0 spiro atoms. The number of methoxy groups -OCH3 is 1. The van der Waals surface area contributed by atoms with Crippen LogP contribution in [0.3, 0.4) is 0 Å². The van der Waals surface area contributed by atoms with Crippen LogP contribution in [0.5, 0.6) is 5.75 Å². The summed E-state index contributed by atoms with van der Waals surface area (Å²) in [7, 11) is 1.51. The van der Waals surface area contributed by atoms with Gasteiger partial charge in [0.25, 0.3) is 5.91 Å². The molecule has 0 saturated heterocycles. The standard InChI is InChI=1S/C26H23FN2O5S/c1-32-13-14-33-26(31)29-18-8-5-7-17(15-18)28-25(30)24-20(16-34-19-9-3-2-4-10-19)23-21(27)11-6-12-22(23)35-24/h2-12,15H,13-14,16H2,1H3,(H,28,30)(H,29,31). The van der Waals surface area contributed by atoms with Crippen molar-refractivity contribution in [3.8, 4) is 5.75 Å². The highest BCUT2D eigenvalue weighted by Crippen LogP contribution is 2.34. The molecule has 0 aliphatic heterocycles. The van der Waals surface area contributed by atoms with Gasteiger partial charge in [-0.3, -0.25) is 10.1 Å². The first kappa shape index (κ1) is 24.2. The van der Waals surface area contributed by atoms with E-state index in [1.165, 1.54) is 24.5 Å². The molecule has 2 amide bonds. The number of carbonyl (C=O) groups is 2. The fourth-order valence-corrected chi connectivity index (χ4v) is 4.51. The molecule has 0 unspecified atom stereocenters. The molecule has 180 valence electrons. The van der Waals surface area contributed by atoms with Crippen LogP contribution in [0.25, 0.3) is 10.1 Å². The number of hydrogen-bond acceptors (Lipinski definition) is 6. The van der Waals surface area contributed by atoms with Gasteiger partial charge in [0.2, 0.25) is 0 Å². The Morgan fingerprint density at radius 3 is 2.43 bits per heavy atom. The Kier molecular flexibility index (Phi) is 7.92. The molecule has 9 heteroatoms. The number of amides is 2. The SMILES string of the molecule is COCCOC(=O)Nc1cccc(NC(=O)c2sc3cccc(F)c3c2COc2ccccc2)c1. The number of halogens is 1. The lowest BCUT2D eigenvalue weighted by molar-refractivity contribution is 0.102. The van der Waals surface area contributed by atoms with Gasteiger partial charge in [0.1, 0.15) is 29.7 Å². The van der Waals surface area contributed by atoms with Gasteiger partial charge in [-0.2, -0.15) is 0 Å². The van der Waals surface area contributed by atoms with Crippen molar-refractivity contribution in [2.75, 3.05) is 31.0 Å². The second-order valence-corrected chi connectivity index (χ2v) is 8.47. The Morgan fingerprint density at radius 2 is 1.66 bits per heavy atom. The monoisotopic (exact) mass is 494 g/mol. The van der Waals surface area contributed by atoms with E-state index in [0.717, 1.165) is 0 Å². The van der Waals surface area contributed by atoms with Crippen LogP contribution < -0.4 is 15.4 Å². The Bertz CT molecular complexity index is 1330. The molecule has 1 heterocycles. The van der Waals surface area contributed by atoms with Crippen LogP contribution in [0, 0.1) is 5.82 Å². The van der Waals surface area contributed by atoms with Gasteiger partial charge in [0.15, 0.2) is 0 Å². The van der Waals surface area contributed by atoms with E-state index in [4.69, 9.17) is 14.2 Å². The molecule has 0 atom stereocenters. The lowest BCUT2D eigenvalue weighted by atomic mass is 10.1. The van der Waals surface area contributed by atoms with Crippen LogP contribution in [0.1, 0.15) is 15.2 Å². The molecule has 0 saturated carbocycles. The molecule has 1 aromatic heterocycles. The average Bonchev–Trinajstić information content (AvgIpc) is 3.24. The van der Waals surface area contributed by atoms with Crippen molar-refractivity contribution in [1.29, 1.82) is 0 Å². The fraction of sp³-hybridized carbons (Fsp3) is 0.154. The second kappa shape index (κ2) is 11.5. The van der Waals surface area contributed by atoms with Crippen molar-refractivity contribution in [3.05, 3.63) is 89.1 Å². The van der Waals surface area contributed by atoms with Crippen LogP contribution in [-0.4, -0.2) is 32.3 Å². The van der Waals surface area contributed by atoms with Gasteiger partial charge < -0.3 is 19.5 Å². The zero-order valence-corrected chi connectivity index (χ0v) is 19.7. The van der Waals surface area contributed by atoms with Crippen LogP contribution in [0.2, 0.25) is 0 Å². The lowest BCUT2D eigenvalue weighted by Gasteiger charge is -2.11. The van der Waals surface area contributed by atoms with Crippen molar-refractivity contribution < 1.29 is 28.2 Å². The van der Waals surface area contributed by atoms with Crippen LogP contribution in [-0.2, 0) is 16.1 Å². The van der Waals surface area contributed by atoms with Crippen LogP contribution >= 0.6 is 11.3 Å². The summed E-state index contributed by atoms with van der Waals surface area (Å²) in [4.78, 5) is 25.5. The van der Waals surface area contributed by atoms with E-state index in [1.807, 2.05) is 18.2 Å². The maximum Gasteiger partial charge on any atom is 0.411 e. The number of thiophene rings is 1. The highest BCUT2D eigenvalue weighted by atomic mass is 32.1. The molecule has 35 heavy (non-hydrogen) atoms. The zero-order chi connectivity index (χ0) is 24.6. The minimum Gasteiger partial charge on any atom is -0.489 e. The molecule has 2 N–H and O–H groups in total. The number of anilines is 2. The maximum atomic E-state index is 14.7. The smallest absolute Gasteiger partial charge is 0.411 e. The number of ether oxygens (including phenoxy) is 3. The van der Waals surface area contributed by atoms with E-state index in [0.29, 0.717) is 37.7 Å². The number of rotatable bonds is 9. The molecule has 4 aromatic rings. The van der Waals surface area contributed by atoms with Gasteiger partial charge >= 0.3 is 6.09 Å². The summed E-state index contributed by atoms with van der Waals surface area (Å²) < 4.78 is 31.1. The first-order chi connectivity index (χ1) is 17.0. The Balaban J connectivity index is 1.54. The summed E-state index contributed by atoms with van der Waals surface area (Å²) in [6.45, 7) is 0.438. The molecule has 4 rings (SSSR count). The highest BCUT2D eigenvalue weighted by molar-refractivity contribution is 7.21. The molecule has 0 radical (unpaired) electrons. The maximum absolute atomic E-state index is 14.7. The third-order valence-electron chi connectivity index (χ3n) is 4.98. The van der Waals surface area contributed by atoms with E-state index in [2.05, 4.69) is 10.6 Å². The molecule has 0 bridgehead atoms. The first-order valence-corrected chi connectivity index (χ1v) is 11.6. The van der Waals surface area contributed by atoms with Crippen LogP contribution in [0.4, 0.5) is 20.6 Å². The van der Waals surface area contributed by atoms with Gasteiger partial charge in [-0.15, -0.1) is 11.3 Å². The number of fused-ring (bicyclic) bond motifs is 1. The predicted octanol–water partition coefficient (Wildman–Crippen LogP) is 6.07. The van der Waals surface area contributed by atoms with E-state index >= 15 is 0 Å². The number of benzene rings is 3. The summed E-state index contributed by atoms with van der Waals surface area (Å²) in [5.41, 5.74) is 1.37. The van der Waals surface area contributed by atoms with E-state index in [9.17, 15) is 14.0 Å². The molecular formula is C26H23FN2O5S. The summed E-state index contributed by atoms with van der Waals surface area (Å²) in [5.74, 6) is -0.203. The van der Waals surface area contributed by atoms with Crippen molar-refractivity contribution >= 4 is 44.8 Å². The Morgan fingerprint density at radius 1 is 0.914 bits per heavy atom. The molecule has 3 aromatic carbocycles. The molecule has 7 nitrogen and oxygen atoms in total. The second-order valence-electron chi connectivity index (χ2n) is 7.41. The van der Waals surface area contributed by atoms with Crippen molar-refractivity contribution in [2.45, 2.75) is 6.61 Å².